The van der Waals surface area contributed by atoms with Crippen molar-refractivity contribution in [3.05, 3.63) is 76.8 Å². The molecular weight excluding hydrogens is 394 g/mol. The fraction of sp³-hybridized carbons (Fsp3) is 0.238. The van der Waals surface area contributed by atoms with Crippen LogP contribution < -0.4 is 15.1 Å². The first kappa shape index (κ1) is 19.3. The lowest BCUT2D eigenvalue weighted by Gasteiger charge is -2.36. The van der Waals surface area contributed by atoms with Crippen molar-refractivity contribution in [1.29, 1.82) is 0 Å². The summed E-state index contributed by atoms with van der Waals surface area (Å²) in [7, 11) is 0. The molecule has 0 atom stereocenters. The number of halogens is 2. The van der Waals surface area contributed by atoms with Crippen LogP contribution in [0.1, 0.15) is 16.1 Å². The number of carbonyl (C=O) groups is 1. The molecule has 4 rings (SSSR count). The Morgan fingerprint density at radius 1 is 1.00 bits per heavy atom. The Kier molecular flexibility index (Phi) is 5.71. The van der Waals surface area contributed by atoms with E-state index in [2.05, 4.69) is 20.1 Å². The third-order valence-corrected chi connectivity index (χ3v) is 5.77. The van der Waals surface area contributed by atoms with Crippen LogP contribution in [0.15, 0.2) is 53.9 Å². The van der Waals surface area contributed by atoms with Gasteiger partial charge in [0.1, 0.15) is 17.3 Å². The van der Waals surface area contributed by atoms with Gasteiger partial charge in [-0.25, -0.2) is 13.8 Å². The second kappa shape index (κ2) is 8.57. The summed E-state index contributed by atoms with van der Waals surface area (Å²) in [4.78, 5) is 21.1. The molecule has 0 radical (unpaired) electrons. The lowest BCUT2D eigenvalue weighted by molar-refractivity contribution is 0.0946. The van der Waals surface area contributed by atoms with E-state index < -0.39 is 0 Å². The van der Waals surface area contributed by atoms with Crippen LogP contribution in [0.4, 0.5) is 19.6 Å². The minimum absolute atomic E-state index is 0.120. The summed E-state index contributed by atoms with van der Waals surface area (Å²) in [5.41, 5.74) is 1.77. The number of thiazole rings is 1. The van der Waals surface area contributed by atoms with Crippen molar-refractivity contribution < 1.29 is 13.6 Å². The highest BCUT2D eigenvalue weighted by Crippen LogP contribution is 2.24. The van der Waals surface area contributed by atoms with Crippen molar-refractivity contribution in [1.82, 2.24) is 10.3 Å². The molecule has 0 saturated carbocycles. The predicted octanol–water partition coefficient (Wildman–Crippen LogP) is 3.68. The lowest BCUT2D eigenvalue weighted by Crippen LogP contribution is -2.46. The van der Waals surface area contributed by atoms with Gasteiger partial charge in [0.05, 0.1) is 0 Å². The number of aromatic nitrogens is 1. The number of nitrogens with one attached hydrogen (secondary N) is 1. The fourth-order valence-corrected chi connectivity index (χ4v) is 4.09. The van der Waals surface area contributed by atoms with Crippen LogP contribution >= 0.6 is 11.3 Å². The summed E-state index contributed by atoms with van der Waals surface area (Å²) in [6, 6.07) is 12.9. The van der Waals surface area contributed by atoms with E-state index in [0.717, 1.165) is 37.0 Å². The topological polar surface area (TPSA) is 48.5 Å². The molecule has 1 aromatic heterocycles. The monoisotopic (exact) mass is 414 g/mol. The van der Waals surface area contributed by atoms with E-state index in [1.807, 2.05) is 0 Å². The first-order valence-electron chi connectivity index (χ1n) is 9.33. The van der Waals surface area contributed by atoms with Gasteiger partial charge in [-0.05, 0) is 30.3 Å². The summed E-state index contributed by atoms with van der Waals surface area (Å²) in [6.45, 7) is 3.23. The highest BCUT2D eigenvalue weighted by Gasteiger charge is 2.21. The van der Waals surface area contributed by atoms with Crippen LogP contribution in [0, 0.1) is 11.6 Å². The van der Waals surface area contributed by atoms with Gasteiger partial charge < -0.3 is 15.1 Å². The van der Waals surface area contributed by atoms with Crippen molar-refractivity contribution in [2.24, 2.45) is 0 Å². The maximum absolute atomic E-state index is 13.7. The van der Waals surface area contributed by atoms with E-state index in [4.69, 9.17) is 0 Å². The standard InChI is InChI=1S/C21H20F2N4OS/c22-16-5-7-17(8-6-16)26-9-11-27(12-10-26)21-25-19(14-29-21)20(28)24-13-15-3-1-2-4-18(15)23/h1-8,14H,9-13H2,(H,24,28). The first-order chi connectivity index (χ1) is 14.1. The molecule has 0 bridgehead atoms. The number of anilines is 2. The van der Waals surface area contributed by atoms with Gasteiger partial charge >= 0.3 is 0 Å². The SMILES string of the molecule is O=C(NCc1ccccc1F)c1csc(N2CCN(c3ccc(F)cc3)CC2)n1. The van der Waals surface area contributed by atoms with Crippen LogP contribution in [0.3, 0.4) is 0 Å². The summed E-state index contributed by atoms with van der Waals surface area (Å²) in [6.07, 6.45) is 0. The second-order valence-electron chi connectivity index (χ2n) is 6.74. The Hall–Kier alpha value is -3.00. The second-order valence-corrected chi connectivity index (χ2v) is 7.58. The molecule has 1 fully saturated rings. The molecule has 1 aliphatic rings. The zero-order valence-corrected chi connectivity index (χ0v) is 16.5. The number of hydrogen-bond donors (Lipinski definition) is 1. The third kappa shape index (κ3) is 4.54. The molecule has 3 aromatic rings. The summed E-state index contributed by atoms with van der Waals surface area (Å²) < 4.78 is 26.8. The van der Waals surface area contributed by atoms with Crippen LogP contribution in [0.2, 0.25) is 0 Å². The average Bonchev–Trinajstić information content (AvgIpc) is 3.24. The summed E-state index contributed by atoms with van der Waals surface area (Å²) in [5, 5.41) is 5.23. The minimum atomic E-state index is -0.342. The molecule has 1 aliphatic heterocycles. The van der Waals surface area contributed by atoms with E-state index in [1.165, 1.54) is 29.5 Å². The van der Waals surface area contributed by atoms with E-state index >= 15 is 0 Å². The molecule has 8 heteroatoms. The molecule has 150 valence electrons. The van der Waals surface area contributed by atoms with Crippen molar-refractivity contribution in [3.8, 4) is 0 Å². The quantitative estimate of drug-likeness (QED) is 0.692. The van der Waals surface area contributed by atoms with E-state index in [0.29, 0.717) is 11.3 Å². The Labute approximate surface area is 171 Å². The molecule has 5 nitrogen and oxygen atoms in total. The average molecular weight is 414 g/mol. The zero-order valence-electron chi connectivity index (χ0n) is 15.6. The Morgan fingerprint density at radius 2 is 1.69 bits per heavy atom. The maximum Gasteiger partial charge on any atom is 0.271 e. The van der Waals surface area contributed by atoms with E-state index in [1.54, 1.807) is 35.7 Å². The van der Waals surface area contributed by atoms with Gasteiger partial charge in [0, 0.05) is 49.4 Å². The minimum Gasteiger partial charge on any atom is -0.368 e. The van der Waals surface area contributed by atoms with Gasteiger partial charge in [-0.15, -0.1) is 11.3 Å². The highest BCUT2D eigenvalue weighted by atomic mass is 32.1. The number of carbonyl (C=O) groups excluding carboxylic acids is 1. The van der Waals surface area contributed by atoms with Gasteiger partial charge in [-0.2, -0.15) is 0 Å². The van der Waals surface area contributed by atoms with Crippen molar-refractivity contribution in [2.75, 3.05) is 36.0 Å². The molecule has 29 heavy (non-hydrogen) atoms. The summed E-state index contributed by atoms with van der Waals surface area (Å²) in [5.74, 6) is -0.900. The molecular formula is C21H20F2N4OS. The Morgan fingerprint density at radius 3 is 2.41 bits per heavy atom. The normalized spacial score (nSPS) is 14.1. The third-order valence-electron chi connectivity index (χ3n) is 4.86. The van der Waals surface area contributed by atoms with Crippen molar-refractivity contribution in [2.45, 2.75) is 6.54 Å². The first-order valence-corrected chi connectivity index (χ1v) is 10.2. The molecule has 0 unspecified atom stereocenters. The molecule has 0 aliphatic carbocycles. The van der Waals surface area contributed by atoms with E-state index in [9.17, 15) is 13.6 Å². The van der Waals surface area contributed by atoms with E-state index in [-0.39, 0.29) is 24.1 Å². The van der Waals surface area contributed by atoms with Crippen LogP contribution in [0.25, 0.3) is 0 Å². The van der Waals surface area contributed by atoms with Gasteiger partial charge in [0.15, 0.2) is 5.13 Å². The fourth-order valence-electron chi connectivity index (χ4n) is 3.23. The number of hydrogen-bond acceptors (Lipinski definition) is 5. The molecule has 1 saturated heterocycles. The van der Waals surface area contributed by atoms with Gasteiger partial charge in [0.2, 0.25) is 0 Å². The van der Waals surface area contributed by atoms with Crippen molar-refractivity contribution >= 4 is 28.1 Å². The Bertz CT molecular complexity index is 984. The Balaban J connectivity index is 1.32. The van der Waals surface area contributed by atoms with Crippen molar-refractivity contribution in [3.63, 3.8) is 0 Å². The molecule has 1 N–H and O–H groups in total. The van der Waals surface area contributed by atoms with Crippen LogP contribution in [-0.2, 0) is 6.54 Å². The van der Waals surface area contributed by atoms with Gasteiger partial charge in [-0.1, -0.05) is 18.2 Å². The maximum atomic E-state index is 13.7. The van der Waals surface area contributed by atoms with Gasteiger partial charge in [-0.3, -0.25) is 4.79 Å². The number of nitrogens with zero attached hydrogens (tertiary/aromatic N) is 3. The number of amides is 1. The largest absolute Gasteiger partial charge is 0.368 e. The molecule has 2 heterocycles. The number of benzene rings is 2. The smallest absolute Gasteiger partial charge is 0.271 e. The summed E-state index contributed by atoms with van der Waals surface area (Å²) >= 11 is 1.42. The zero-order chi connectivity index (χ0) is 20.2. The number of piperazine rings is 1. The van der Waals surface area contributed by atoms with Crippen LogP contribution in [0.5, 0.6) is 0 Å². The van der Waals surface area contributed by atoms with Gasteiger partial charge in [0.25, 0.3) is 5.91 Å². The molecule has 0 spiro atoms. The molecule has 2 aromatic carbocycles. The lowest BCUT2D eigenvalue weighted by atomic mass is 10.2. The predicted molar refractivity (Wildman–Crippen MR) is 111 cm³/mol. The molecule has 1 amide bonds. The number of rotatable bonds is 5. The highest BCUT2D eigenvalue weighted by molar-refractivity contribution is 7.13. The van der Waals surface area contributed by atoms with Crippen LogP contribution in [-0.4, -0.2) is 37.1 Å².